The summed E-state index contributed by atoms with van der Waals surface area (Å²) in [6, 6.07) is 5.45. The lowest BCUT2D eigenvalue weighted by atomic mass is 10.2. The first kappa shape index (κ1) is 8.75. The van der Waals surface area contributed by atoms with Gasteiger partial charge in [-0.15, -0.1) is 0 Å². The minimum Gasteiger partial charge on any atom is -0.402 e. The SMILES string of the molecule is CO[P]1(O)Oc2cccc(C)c2O1. The Morgan fingerprint density at radius 1 is 1.38 bits per heavy atom. The Labute approximate surface area is 76.7 Å². The molecule has 5 heteroatoms. The van der Waals surface area contributed by atoms with E-state index in [0.29, 0.717) is 11.5 Å². The van der Waals surface area contributed by atoms with Gasteiger partial charge in [0.05, 0.1) is 0 Å². The number of para-hydroxylation sites is 1. The van der Waals surface area contributed by atoms with Gasteiger partial charge in [0, 0.05) is 7.11 Å². The van der Waals surface area contributed by atoms with Crippen molar-refractivity contribution in [1.29, 1.82) is 0 Å². The second-order valence-corrected chi connectivity index (χ2v) is 4.40. The van der Waals surface area contributed by atoms with Gasteiger partial charge in [0.1, 0.15) is 0 Å². The lowest BCUT2D eigenvalue weighted by Crippen LogP contribution is -2.02. The van der Waals surface area contributed by atoms with Gasteiger partial charge in [0.2, 0.25) is 0 Å². The maximum atomic E-state index is 9.59. The molecule has 4 nitrogen and oxygen atoms in total. The molecule has 0 aliphatic carbocycles. The van der Waals surface area contributed by atoms with Gasteiger partial charge in [0.25, 0.3) is 0 Å². The third-order valence-corrected chi connectivity index (χ3v) is 3.13. The van der Waals surface area contributed by atoms with Crippen LogP contribution in [0.2, 0.25) is 0 Å². The zero-order valence-electron chi connectivity index (χ0n) is 7.35. The standard InChI is InChI=1S/C8H10O4P/c1-6-4-3-5-7-8(6)12-13(9,10-2)11-7/h3-5,9H,1-2H3. The van der Waals surface area contributed by atoms with Gasteiger partial charge in [-0.05, 0) is 18.6 Å². The predicted octanol–water partition coefficient (Wildman–Crippen LogP) is 2.08. The minimum absolute atomic E-state index is 0.540. The first-order valence-corrected chi connectivity index (χ1v) is 5.30. The fourth-order valence-corrected chi connectivity index (χ4v) is 2.19. The summed E-state index contributed by atoms with van der Waals surface area (Å²) in [6.07, 6.45) is 0. The molecule has 1 unspecified atom stereocenters. The Kier molecular flexibility index (Phi) is 1.91. The lowest BCUT2D eigenvalue weighted by molar-refractivity contribution is 0.234. The van der Waals surface area contributed by atoms with Crippen LogP contribution in [0.3, 0.4) is 0 Å². The third-order valence-electron chi connectivity index (χ3n) is 1.83. The second kappa shape index (κ2) is 2.84. The average Bonchev–Trinajstić information content (AvgIpc) is 2.45. The Balaban J connectivity index is 2.40. The van der Waals surface area contributed by atoms with Crippen molar-refractivity contribution in [2.24, 2.45) is 0 Å². The van der Waals surface area contributed by atoms with Gasteiger partial charge in [-0.25, -0.2) is 0 Å². The van der Waals surface area contributed by atoms with E-state index in [4.69, 9.17) is 13.6 Å². The molecule has 0 bridgehead atoms. The van der Waals surface area contributed by atoms with Gasteiger partial charge in [-0.2, -0.15) is 0 Å². The largest absolute Gasteiger partial charge is 0.491 e. The molecule has 1 N–H and O–H groups in total. The van der Waals surface area contributed by atoms with E-state index in [2.05, 4.69) is 0 Å². The Morgan fingerprint density at radius 3 is 2.77 bits per heavy atom. The summed E-state index contributed by atoms with van der Waals surface area (Å²) in [5, 5.41) is 0. The molecule has 0 saturated heterocycles. The lowest BCUT2D eigenvalue weighted by Gasteiger charge is -2.17. The van der Waals surface area contributed by atoms with Crippen LogP contribution in [-0.2, 0) is 4.52 Å². The molecule has 1 aliphatic rings. The van der Waals surface area contributed by atoms with Gasteiger partial charge >= 0.3 is 8.17 Å². The Morgan fingerprint density at radius 2 is 2.15 bits per heavy atom. The van der Waals surface area contributed by atoms with Gasteiger partial charge in [0.15, 0.2) is 11.5 Å². The van der Waals surface area contributed by atoms with Crippen molar-refractivity contribution in [3.05, 3.63) is 23.8 Å². The summed E-state index contributed by atoms with van der Waals surface area (Å²) in [4.78, 5) is 9.59. The van der Waals surface area contributed by atoms with E-state index in [0.717, 1.165) is 5.56 Å². The molecule has 1 radical (unpaired) electrons. The van der Waals surface area contributed by atoms with Crippen LogP contribution in [0.1, 0.15) is 5.56 Å². The number of aryl methyl sites for hydroxylation is 1. The smallest absolute Gasteiger partial charge is 0.402 e. The van der Waals surface area contributed by atoms with E-state index in [1.54, 1.807) is 6.07 Å². The molecule has 0 spiro atoms. The minimum atomic E-state index is -3.11. The van der Waals surface area contributed by atoms with E-state index >= 15 is 0 Å². The highest BCUT2D eigenvalue weighted by molar-refractivity contribution is 7.56. The van der Waals surface area contributed by atoms with E-state index in [-0.39, 0.29) is 0 Å². The maximum Gasteiger partial charge on any atom is 0.491 e. The van der Waals surface area contributed by atoms with Gasteiger partial charge in [-0.1, -0.05) is 12.1 Å². The molecule has 2 rings (SSSR count). The summed E-state index contributed by atoms with van der Waals surface area (Å²) in [5.41, 5.74) is 0.922. The van der Waals surface area contributed by atoms with Crippen LogP contribution in [0.4, 0.5) is 0 Å². The summed E-state index contributed by atoms with van der Waals surface area (Å²) < 4.78 is 15.1. The molecule has 1 aromatic carbocycles. The fraction of sp³-hybridized carbons (Fsp3) is 0.250. The van der Waals surface area contributed by atoms with Crippen LogP contribution >= 0.6 is 8.17 Å². The van der Waals surface area contributed by atoms with Crippen LogP contribution in [0.5, 0.6) is 11.5 Å². The van der Waals surface area contributed by atoms with Crippen molar-refractivity contribution in [3.8, 4) is 11.5 Å². The predicted molar refractivity (Wildman–Crippen MR) is 48.6 cm³/mol. The monoisotopic (exact) mass is 201 g/mol. The van der Waals surface area contributed by atoms with Crippen molar-refractivity contribution in [2.75, 3.05) is 7.11 Å². The number of hydrogen-bond acceptors (Lipinski definition) is 4. The maximum absolute atomic E-state index is 9.59. The summed E-state index contributed by atoms with van der Waals surface area (Å²) >= 11 is 0. The topological polar surface area (TPSA) is 47.9 Å². The fourth-order valence-electron chi connectivity index (χ4n) is 1.15. The normalized spacial score (nSPS) is 24.8. The molecular weight excluding hydrogens is 191 g/mol. The summed E-state index contributed by atoms with van der Waals surface area (Å²) in [6.45, 7) is 1.88. The number of rotatable bonds is 1. The van der Waals surface area contributed by atoms with E-state index in [1.165, 1.54) is 7.11 Å². The van der Waals surface area contributed by atoms with E-state index in [9.17, 15) is 4.89 Å². The quantitative estimate of drug-likeness (QED) is 0.706. The second-order valence-electron chi connectivity index (χ2n) is 2.74. The molecule has 1 aliphatic heterocycles. The molecule has 71 valence electrons. The Bertz CT molecular complexity index is 341. The highest BCUT2D eigenvalue weighted by Gasteiger charge is 2.40. The molecule has 0 fully saturated rings. The number of fused-ring (bicyclic) bond motifs is 1. The molecular formula is C8H10O4P. The summed E-state index contributed by atoms with van der Waals surface area (Å²) in [7, 11) is -1.75. The first-order valence-electron chi connectivity index (χ1n) is 3.81. The molecule has 1 heterocycles. The van der Waals surface area contributed by atoms with Crippen LogP contribution in [0, 0.1) is 6.92 Å². The van der Waals surface area contributed by atoms with Crippen molar-refractivity contribution in [3.63, 3.8) is 0 Å². The highest BCUT2D eigenvalue weighted by Crippen LogP contribution is 2.64. The molecule has 1 atom stereocenters. The zero-order valence-corrected chi connectivity index (χ0v) is 8.25. The van der Waals surface area contributed by atoms with E-state index in [1.807, 2.05) is 19.1 Å². The zero-order chi connectivity index (χ0) is 9.47. The highest BCUT2D eigenvalue weighted by atomic mass is 31.2. The number of hydrogen-bond donors (Lipinski definition) is 1. The van der Waals surface area contributed by atoms with Crippen molar-refractivity contribution >= 4 is 8.17 Å². The third kappa shape index (κ3) is 1.37. The molecule has 0 saturated carbocycles. The van der Waals surface area contributed by atoms with Gasteiger partial charge < -0.3 is 9.05 Å². The Hall–Kier alpha value is -0.830. The van der Waals surface area contributed by atoms with Crippen LogP contribution in [0.15, 0.2) is 18.2 Å². The first-order chi connectivity index (χ1) is 6.14. The van der Waals surface area contributed by atoms with E-state index < -0.39 is 8.17 Å². The average molecular weight is 201 g/mol. The number of benzene rings is 1. The molecule has 0 amide bonds. The van der Waals surface area contributed by atoms with Crippen LogP contribution in [0.25, 0.3) is 0 Å². The summed E-state index contributed by atoms with van der Waals surface area (Å²) in [5.74, 6) is 1.11. The van der Waals surface area contributed by atoms with Crippen LogP contribution in [-0.4, -0.2) is 12.0 Å². The van der Waals surface area contributed by atoms with Crippen molar-refractivity contribution < 1.29 is 18.5 Å². The molecule has 1 aromatic rings. The molecule has 13 heavy (non-hydrogen) atoms. The molecule has 0 aromatic heterocycles. The van der Waals surface area contributed by atoms with Gasteiger partial charge in [-0.3, -0.25) is 9.42 Å². The van der Waals surface area contributed by atoms with Crippen molar-refractivity contribution in [1.82, 2.24) is 0 Å². The van der Waals surface area contributed by atoms with Crippen molar-refractivity contribution in [2.45, 2.75) is 6.92 Å². The van der Waals surface area contributed by atoms with Crippen LogP contribution < -0.4 is 9.05 Å².